The Morgan fingerprint density at radius 3 is 2.72 bits per heavy atom. The van der Waals surface area contributed by atoms with E-state index in [-0.39, 0.29) is 11.8 Å². The Bertz CT molecular complexity index is 471. The van der Waals surface area contributed by atoms with Crippen molar-refractivity contribution in [2.75, 3.05) is 25.5 Å². The van der Waals surface area contributed by atoms with Gasteiger partial charge >= 0.3 is 5.97 Å². The maximum Gasteiger partial charge on any atom is 0.303 e. The molecule has 1 atom stereocenters. The van der Waals surface area contributed by atoms with E-state index in [4.69, 9.17) is 10.8 Å². The third-order valence-electron chi connectivity index (χ3n) is 3.81. The number of benzene rings is 1. The molecule has 1 aromatic carbocycles. The van der Waals surface area contributed by atoms with Gasteiger partial charge in [-0.05, 0) is 36.6 Å². The lowest BCUT2D eigenvalue weighted by atomic mass is 9.81. The summed E-state index contributed by atoms with van der Waals surface area (Å²) in [6, 6.07) is 6.19. The first kappa shape index (κ1) is 12.9. The summed E-state index contributed by atoms with van der Waals surface area (Å²) in [5, 5.41) is 9.06. The van der Waals surface area contributed by atoms with E-state index in [0.717, 1.165) is 12.8 Å². The lowest BCUT2D eigenvalue weighted by Gasteiger charge is -2.25. The fraction of sp³-hybridized carbons (Fsp3) is 0.500. The second kappa shape index (κ2) is 4.61. The molecule has 3 N–H and O–H groups in total. The summed E-state index contributed by atoms with van der Waals surface area (Å²) in [4.78, 5) is 13.1. The van der Waals surface area contributed by atoms with Crippen molar-refractivity contribution in [2.24, 2.45) is 11.1 Å². The van der Waals surface area contributed by atoms with Gasteiger partial charge in [0.1, 0.15) is 0 Å². The van der Waals surface area contributed by atoms with Crippen molar-refractivity contribution < 1.29 is 9.90 Å². The van der Waals surface area contributed by atoms with Gasteiger partial charge in [0, 0.05) is 25.2 Å². The summed E-state index contributed by atoms with van der Waals surface area (Å²) in [7, 11) is 4.02. The van der Waals surface area contributed by atoms with Gasteiger partial charge < -0.3 is 15.7 Å². The highest BCUT2D eigenvalue weighted by atomic mass is 16.4. The highest BCUT2D eigenvalue weighted by Crippen LogP contribution is 2.42. The quantitative estimate of drug-likeness (QED) is 0.842. The Hall–Kier alpha value is -1.55. The average molecular weight is 248 g/mol. The average Bonchev–Trinajstić information content (AvgIpc) is 2.65. The number of hydrogen-bond donors (Lipinski definition) is 2. The summed E-state index contributed by atoms with van der Waals surface area (Å²) in [6.07, 6.45) is 1.68. The third-order valence-corrected chi connectivity index (χ3v) is 3.81. The Labute approximate surface area is 107 Å². The molecule has 98 valence electrons. The molecule has 0 amide bonds. The SMILES string of the molecule is CN(C)c1cccc2c1CC(CN)(CC(=O)O)C2. The largest absolute Gasteiger partial charge is 0.481 e. The number of carbonyl (C=O) groups is 1. The number of carboxylic acid groups (broad SMARTS) is 1. The zero-order valence-corrected chi connectivity index (χ0v) is 10.9. The Morgan fingerprint density at radius 2 is 2.17 bits per heavy atom. The maximum absolute atomic E-state index is 11.0. The summed E-state index contributed by atoms with van der Waals surface area (Å²) in [5.41, 5.74) is 9.22. The Morgan fingerprint density at radius 1 is 1.44 bits per heavy atom. The molecule has 4 heteroatoms. The van der Waals surface area contributed by atoms with Crippen LogP contribution in [0.5, 0.6) is 0 Å². The lowest BCUT2D eigenvalue weighted by molar-refractivity contribution is -0.139. The minimum absolute atomic E-state index is 0.144. The number of carboxylic acids is 1. The minimum atomic E-state index is -0.764. The van der Waals surface area contributed by atoms with Crippen molar-refractivity contribution in [3.05, 3.63) is 29.3 Å². The highest BCUT2D eigenvalue weighted by molar-refractivity contribution is 5.69. The molecule has 0 fully saturated rings. The first-order chi connectivity index (χ1) is 8.47. The molecule has 1 aliphatic carbocycles. The molecule has 0 spiro atoms. The zero-order chi connectivity index (χ0) is 13.3. The normalized spacial score (nSPS) is 21.7. The molecule has 1 aliphatic rings. The second-order valence-electron chi connectivity index (χ2n) is 5.44. The van der Waals surface area contributed by atoms with Crippen LogP contribution in [0.15, 0.2) is 18.2 Å². The number of aliphatic carboxylic acids is 1. The molecule has 0 aliphatic heterocycles. The smallest absolute Gasteiger partial charge is 0.303 e. The molecule has 0 saturated carbocycles. The monoisotopic (exact) mass is 248 g/mol. The van der Waals surface area contributed by atoms with Crippen LogP contribution >= 0.6 is 0 Å². The molecule has 0 saturated heterocycles. The lowest BCUT2D eigenvalue weighted by Crippen LogP contribution is -2.33. The van der Waals surface area contributed by atoms with E-state index in [2.05, 4.69) is 17.0 Å². The molecule has 1 unspecified atom stereocenters. The van der Waals surface area contributed by atoms with Crippen LogP contribution in [-0.2, 0) is 17.6 Å². The van der Waals surface area contributed by atoms with Crippen molar-refractivity contribution >= 4 is 11.7 Å². The second-order valence-corrected chi connectivity index (χ2v) is 5.44. The molecular weight excluding hydrogens is 228 g/mol. The molecule has 0 radical (unpaired) electrons. The molecular formula is C14H20N2O2. The molecule has 0 bridgehead atoms. The highest BCUT2D eigenvalue weighted by Gasteiger charge is 2.39. The number of anilines is 1. The third kappa shape index (κ3) is 2.20. The number of hydrogen-bond acceptors (Lipinski definition) is 3. The first-order valence-corrected chi connectivity index (χ1v) is 6.17. The van der Waals surface area contributed by atoms with Gasteiger partial charge in [-0.2, -0.15) is 0 Å². The van der Waals surface area contributed by atoms with Crippen molar-refractivity contribution in [3.8, 4) is 0 Å². The number of nitrogens with zero attached hydrogens (tertiary/aromatic N) is 1. The molecule has 4 nitrogen and oxygen atoms in total. The van der Waals surface area contributed by atoms with E-state index in [1.54, 1.807) is 0 Å². The summed E-state index contributed by atoms with van der Waals surface area (Å²) < 4.78 is 0. The van der Waals surface area contributed by atoms with Crippen molar-refractivity contribution in [1.82, 2.24) is 0 Å². The molecule has 0 heterocycles. The van der Waals surface area contributed by atoms with E-state index in [0.29, 0.717) is 6.54 Å². The standard InChI is InChI=1S/C14H20N2O2/c1-16(2)12-5-3-4-10-6-14(9-15,7-11(10)12)8-13(17)18/h3-5H,6-9,15H2,1-2H3,(H,17,18). The van der Waals surface area contributed by atoms with Crippen LogP contribution in [0.25, 0.3) is 0 Å². The van der Waals surface area contributed by atoms with Gasteiger partial charge in [-0.3, -0.25) is 4.79 Å². The van der Waals surface area contributed by atoms with Gasteiger partial charge in [-0.1, -0.05) is 12.1 Å². The van der Waals surface area contributed by atoms with Crippen molar-refractivity contribution in [3.63, 3.8) is 0 Å². The van der Waals surface area contributed by atoms with Gasteiger partial charge in [0.2, 0.25) is 0 Å². The summed E-state index contributed by atoms with van der Waals surface area (Å²) in [5.74, 6) is -0.764. The topological polar surface area (TPSA) is 66.6 Å². The predicted octanol–water partition coefficient (Wildman–Crippen LogP) is 1.27. The predicted molar refractivity (Wildman–Crippen MR) is 71.9 cm³/mol. The van der Waals surface area contributed by atoms with Crippen LogP contribution in [-0.4, -0.2) is 31.7 Å². The molecule has 0 aromatic heterocycles. The van der Waals surface area contributed by atoms with E-state index >= 15 is 0 Å². The Kier molecular flexibility index (Phi) is 3.30. The van der Waals surface area contributed by atoms with E-state index in [1.807, 2.05) is 20.2 Å². The number of nitrogens with two attached hydrogens (primary N) is 1. The number of rotatable bonds is 4. The molecule has 18 heavy (non-hydrogen) atoms. The zero-order valence-electron chi connectivity index (χ0n) is 10.9. The van der Waals surface area contributed by atoms with Crippen LogP contribution in [0.3, 0.4) is 0 Å². The first-order valence-electron chi connectivity index (χ1n) is 6.17. The van der Waals surface area contributed by atoms with Crippen molar-refractivity contribution in [1.29, 1.82) is 0 Å². The summed E-state index contributed by atoms with van der Waals surface area (Å²) in [6.45, 7) is 0.418. The minimum Gasteiger partial charge on any atom is -0.481 e. The van der Waals surface area contributed by atoms with Gasteiger partial charge in [0.25, 0.3) is 0 Å². The van der Waals surface area contributed by atoms with Crippen LogP contribution in [0, 0.1) is 5.41 Å². The van der Waals surface area contributed by atoms with Crippen LogP contribution < -0.4 is 10.6 Å². The molecule has 1 aromatic rings. The van der Waals surface area contributed by atoms with Crippen LogP contribution in [0.2, 0.25) is 0 Å². The fourth-order valence-electron chi connectivity index (χ4n) is 2.91. The Balaban J connectivity index is 2.36. The van der Waals surface area contributed by atoms with Crippen LogP contribution in [0.1, 0.15) is 17.5 Å². The van der Waals surface area contributed by atoms with E-state index in [9.17, 15) is 4.79 Å². The molecule has 2 rings (SSSR count). The van der Waals surface area contributed by atoms with E-state index < -0.39 is 5.97 Å². The van der Waals surface area contributed by atoms with Gasteiger partial charge in [-0.25, -0.2) is 0 Å². The summed E-state index contributed by atoms with van der Waals surface area (Å²) >= 11 is 0. The van der Waals surface area contributed by atoms with E-state index in [1.165, 1.54) is 16.8 Å². The van der Waals surface area contributed by atoms with Gasteiger partial charge in [-0.15, -0.1) is 0 Å². The van der Waals surface area contributed by atoms with Crippen LogP contribution in [0.4, 0.5) is 5.69 Å². The maximum atomic E-state index is 11.0. The fourth-order valence-corrected chi connectivity index (χ4v) is 2.91. The van der Waals surface area contributed by atoms with Gasteiger partial charge in [0.15, 0.2) is 0 Å². The van der Waals surface area contributed by atoms with Crippen molar-refractivity contribution in [2.45, 2.75) is 19.3 Å². The number of fused-ring (bicyclic) bond motifs is 1. The van der Waals surface area contributed by atoms with Gasteiger partial charge in [0.05, 0.1) is 6.42 Å².